The standard InChI is InChI=1S/C15H15BrClN/c1-11(13-5-7-14(16)8-6-13)18-10-12-3-2-4-15(17)9-12/h2-9,11,18H,10H2,1H3/t11-/m0/s1. The average Bonchev–Trinajstić information content (AvgIpc) is 2.37. The van der Waals surface area contributed by atoms with E-state index in [0.717, 1.165) is 16.0 Å². The smallest absolute Gasteiger partial charge is 0.0409 e. The normalized spacial score (nSPS) is 12.4. The second-order valence-electron chi connectivity index (χ2n) is 4.28. The van der Waals surface area contributed by atoms with Gasteiger partial charge in [-0.1, -0.05) is 51.8 Å². The Morgan fingerprint density at radius 2 is 1.89 bits per heavy atom. The van der Waals surface area contributed by atoms with Crippen molar-refractivity contribution in [3.8, 4) is 0 Å². The minimum Gasteiger partial charge on any atom is -0.306 e. The van der Waals surface area contributed by atoms with E-state index in [1.54, 1.807) is 0 Å². The van der Waals surface area contributed by atoms with Gasteiger partial charge in [-0.25, -0.2) is 0 Å². The van der Waals surface area contributed by atoms with E-state index in [-0.39, 0.29) is 0 Å². The Morgan fingerprint density at radius 1 is 1.17 bits per heavy atom. The van der Waals surface area contributed by atoms with E-state index in [0.29, 0.717) is 6.04 Å². The van der Waals surface area contributed by atoms with E-state index < -0.39 is 0 Å². The van der Waals surface area contributed by atoms with Gasteiger partial charge in [0.15, 0.2) is 0 Å². The van der Waals surface area contributed by atoms with Crippen molar-refractivity contribution in [1.82, 2.24) is 5.32 Å². The second kappa shape index (κ2) is 6.37. The molecule has 3 heteroatoms. The molecule has 2 aromatic rings. The Balaban J connectivity index is 1.96. The Hall–Kier alpha value is -0.830. The summed E-state index contributed by atoms with van der Waals surface area (Å²) in [5.41, 5.74) is 2.48. The summed E-state index contributed by atoms with van der Waals surface area (Å²) in [5.74, 6) is 0. The van der Waals surface area contributed by atoms with Gasteiger partial charge in [0.05, 0.1) is 0 Å². The van der Waals surface area contributed by atoms with Crippen LogP contribution >= 0.6 is 27.5 Å². The van der Waals surface area contributed by atoms with Gasteiger partial charge in [0.25, 0.3) is 0 Å². The zero-order valence-corrected chi connectivity index (χ0v) is 12.5. The van der Waals surface area contributed by atoms with Crippen LogP contribution in [-0.4, -0.2) is 0 Å². The highest BCUT2D eigenvalue weighted by atomic mass is 79.9. The number of benzene rings is 2. The predicted octanol–water partition coefficient (Wildman–Crippen LogP) is 4.95. The summed E-state index contributed by atoms with van der Waals surface area (Å²) in [6.45, 7) is 2.98. The Kier molecular flexibility index (Phi) is 4.81. The lowest BCUT2D eigenvalue weighted by molar-refractivity contribution is 0.574. The molecule has 0 spiro atoms. The molecular weight excluding hydrogens is 310 g/mol. The van der Waals surface area contributed by atoms with Crippen LogP contribution in [0.3, 0.4) is 0 Å². The molecular formula is C15H15BrClN. The van der Waals surface area contributed by atoms with Crippen molar-refractivity contribution in [3.05, 3.63) is 69.2 Å². The monoisotopic (exact) mass is 323 g/mol. The molecule has 2 aromatic carbocycles. The van der Waals surface area contributed by atoms with Crippen LogP contribution in [0.2, 0.25) is 5.02 Å². The minimum absolute atomic E-state index is 0.317. The van der Waals surface area contributed by atoms with E-state index in [1.807, 2.05) is 18.2 Å². The minimum atomic E-state index is 0.317. The van der Waals surface area contributed by atoms with Crippen LogP contribution in [0.5, 0.6) is 0 Å². The summed E-state index contributed by atoms with van der Waals surface area (Å²) in [6.07, 6.45) is 0. The van der Waals surface area contributed by atoms with E-state index in [1.165, 1.54) is 11.1 Å². The molecule has 1 nitrogen and oxygen atoms in total. The van der Waals surface area contributed by atoms with Crippen LogP contribution in [0.4, 0.5) is 0 Å². The quantitative estimate of drug-likeness (QED) is 0.838. The SMILES string of the molecule is C[C@H](NCc1cccc(Cl)c1)c1ccc(Br)cc1. The van der Waals surface area contributed by atoms with Crippen LogP contribution in [0, 0.1) is 0 Å². The van der Waals surface area contributed by atoms with Crippen LogP contribution in [0.1, 0.15) is 24.1 Å². The number of hydrogen-bond acceptors (Lipinski definition) is 1. The van der Waals surface area contributed by atoms with E-state index in [4.69, 9.17) is 11.6 Å². The van der Waals surface area contributed by atoms with Gasteiger partial charge in [0.2, 0.25) is 0 Å². The van der Waals surface area contributed by atoms with Gasteiger partial charge in [-0.2, -0.15) is 0 Å². The largest absolute Gasteiger partial charge is 0.306 e. The van der Waals surface area contributed by atoms with Crippen molar-refractivity contribution >= 4 is 27.5 Å². The van der Waals surface area contributed by atoms with Crippen molar-refractivity contribution in [2.24, 2.45) is 0 Å². The summed E-state index contributed by atoms with van der Waals surface area (Å²) in [5, 5.41) is 4.27. The number of rotatable bonds is 4. The molecule has 0 radical (unpaired) electrons. The third-order valence-electron chi connectivity index (χ3n) is 2.87. The van der Waals surface area contributed by atoms with Gasteiger partial charge >= 0.3 is 0 Å². The van der Waals surface area contributed by atoms with Crippen LogP contribution in [0.15, 0.2) is 53.0 Å². The lowest BCUT2D eigenvalue weighted by Crippen LogP contribution is -2.17. The van der Waals surface area contributed by atoms with Gasteiger partial charge in [-0.15, -0.1) is 0 Å². The lowest BCUT2D eigenvalue weighted by Gasteiger charge is -2.14. The first kappa shape index (κ1) is 13.6. The molecule has 0 unspecified atom stereocenters. The maximum absolute atomic E-state index is 5.96. The van der Waals surface area contributed by atoms with Crippen molar-refractivity contribution in [2.45, 2.75) is 19.5 Å². The molecule has 0 aromatic heterocycles. The van der Waals surface area contributed by atoms with E-state index in [9.17, 15) is 0 Å². The first-order chi connectivity index (χ1) is 8.65. The maximum Gasteiger partial charge on any atom is 0.0409 e. The maximum atomic E-state index is 5.96. The molecule has 0 aliphatic rings. The number of hydrogen-bond donors (Lipinski definition) is 1. The molecule has 0 saturated carbocycles. The molecule has 1 atom stereocenters. The molecule has 18 heavy (non-hydrogen) atoms. The summed E-state index contributed by atoms with van der Waals surface area (Å²) >= 11 is 9.40. The topological polar surface area (TPSA) is 12.0 Å². The Labute approximate surface area is 121 Å². The van der Waals surface area contributed by atoms with Crippen LogP contribution in [0.25, 0.3) is 0 Å². The molecule has 2 rings (SSSR count). The third kappa shape index (κ3) is 3.84. The lowest BCUT2D eigenvalue weighted by atomic mass is 10.1. The average molecular weight is 325 g/mol. The van der Waals surface area contributed by atoms with Crippen LogP contribution < -0.4 is 5.32 Å². The summed E-state index contributed by atoms with van der Waals surface area (Å²) in [4.78, 5) is 0. The Bertz CT molecular complexity index is 510. The molecule has 0 amide bonds. The molecule has 0 aliphatic carbocycles. The molecule has 94 valence electrons. The molecule has 0 heterocycles. The third-order valence-corrected chi connectivity index (χ3v) is 3.64. The number of nitrogens with one attached hydrogen (secondary N) is 1. The first-order valence-electron chi connectivity index (χ1n) is 5.88. The highest BCUT2D eigenvalue weighted by molar-refractivity contribution is 9.10. The molecule has 1 N–H and O–H groups in total. The molecule has 0 bridgehead atoms. The highest BCUT2D eigenvalue weighted by Gasteiger charge is 2.04. The molecule has 0 fully saturated rings. The number of halogens is 2. The Morgan fingerprint density at radius 3 is 2.56 bits per heavy atom. The fourth-order valence-corrected chi connectivity index (χ4v) is 2.26. The van der Waals surface area contributed by atoms with Gasteiger partial charge < -0.3 is 5.32 Å². The summed E-state index contributed by atoms with van der Waals surface area (Å²) < 4.78 is 1.10. The summed E-state index contributed by atoms with van der Waals surface area (Å²) in [6, 6.07) is 16.6. The van der Waals surface area contributed by atoms with Crippen molar-refractivity contribution < 1.29 is 0 Å². The summed E-state index contributed by atoms with van der Waals surface area (Å²) in [7, 11) is 0. The van der Waals surface area contributed by atoms with Gasteiger partial charge in [-0.05, 0) is 42.3 Å². The van der Waals surface area contributed by atoms with Crippen LogP contribution in [-0.2, 0) is 6.54 Å². The van der Waals surface area contributed by atoms with Crippen molar-refractivity contribution in [3.63, 3.8) is 0 Å². The zero-order valence-electron chi connectivity index (χ0n) is 10.2. The second-order valence-corrected chi connectivity index (χ2v) is 5.64. The fourth-order valence-electron chi connectivity index (χ4n) is 1.79. The van der Waals surface area contributed by atoms with Crippen molar-refractivity contribution in [1.29, 1.82) is 0 Å². The van der Waals surface area contributed by atoms with E-state index in [2.05, 4.69) is 58.5 Å². The van der Waals surface area contributed by atoms with E-state index >= 15 is 0 Å². The molecule has 0 aliphatic heterocycles. The zero-order chi connectivity index (χ0) is 13.0. The molecule has 0 saturated heterocycles. The fraction of sp³-hybridized carbons (Fsp3) is 0.200. The van der Waals surface area contributed by atoms with Gasteiger partial charge in [0, 0.05) is 22.1 Å². The predicted molar refractivity (Wildman–Crippen MR) is 80.8 cm³/mol. The first-order valence-corrected chi connectivity index (χ1v) is 7.05. The van der Waals surface area contributed by atoms with Gasteiger partial charge in [0.1, 0.15) is 0 Å². The van der Waals surface area contributed by atoms with Gasteiger partial charge in [-0.3, -0.25) is 0 Å². The van der Waals surface area contributed by atoms with Crippen molar-refractivity contribution in [2.75, 3.05) is 0 Å². The highest BCUT2D eigenvalue weighted by Crippen LogP contribution is 2.17.